The highest BCUT2D eigenvalue weighted by Crippen LogP contribution is 2.30. The minimum Gasteiger partial charge on any atom is -0.489 e. The van der Waals surface area contributed by atoms with Crippen molar-refractivity contribution in [1.82, 2.24) is 15.1 Å². The minimum atomic E-state index is -4.34. The molecule has 0 atom stereocenters. The lowest BCUT2D eigenvalue weighted by Gasteiger charge is -2.25. The number of thiocarbonyl (C=S) groups is 1. The summed E-state index contributed by atoms with van der Waals surface area (Å²) < 4.78 is 45.5. The third kappa shape index (κ3) is 7.55. The van der Waals surface area contributed by atoms with E-state index in [4.69, 9.17) is 17.0 Å². The molecule has 35 heavy (non-hydrogen) atoms. The summed E-state index contributed by atoms with van der Waals surface area (Å²) in [5.41, 5.74) is 1.10. The van der Waals surface area contributed by atoms with E-state index in [0.717, 1.165) is 87.4 Å². The molecule has 0 bridgehead atoms. The van der Waals surface area contributed by atoms with Crippen LogP contribution in [0.2, 0.25) is 0 Å². The summed E-state index contributed by atoms with van der Waals surface area (Å²) in [6.45, 7) is 6.18. The second-order valence-electron chi connectivity index (χ2n) is 8.95. The van der Waals surface area contributed by atoms with Crippen molar-refractivity contribution in [3.63, 3.8) is 0 Å². The van der Waals surface area contributed by atoms with Crippen LogP contribution < -0.4 is 15.4 Å². The number of ether oxygens (including phenoxy) is 1. The first-order valence-electron chi connectivity index (χ1n) is 11.9. The Morgan fingerprint density at radius 2 is 1.80 bits per heavy atom. The number of nitrogens with one attached hydrogen (secondary N) is 2. The number of alkyl halides is 3. The molecule has 4 rings (SSSR count). The zero-order chi connectivity index (χ0) is 24.8. The highest BCUT2D eigenvalue weighted by molar-refractivity contribution is 9.10. The van der Waals surface area contributed by atoms with Gasteiger partial charge < -0.3 is 20.3 Å². The number of hydrogen-bond acceptors (Lipinski definition) is 4. The van der Waals surface area contributed by atoms with E-state index in [1.165, 1.54) is 17.7 Å². The first-order chi connectivity index (χ1) is 16.8. The molecule has 2 heterocycles. The van der Waals surface area contributed by atoms with Crippen molar-refractivity contribution in [3.05, 3.63) is 58.1 Å². The van der Waals surface area contributed by atoms with E-state index in [2.05, 4.69) is 54.6 Å². The van der Waals surface area contributed by atoms with Crippen molar-refractivity contribution < 1.29 is 17.9 Å². The maximum atomic E-state index is 12.8. The topological polar surface area (TPSA) is 39.8 Å². The van der Waals surface area contributed by atoms with Gasteiger partial charge in [-0.05, 0) is 102 Å². The average molecular weight is 572 g/mol. The van der Waals surface area contributed by atoms with E-state index in [0.29, 0.717) is 10.8 Å². The molecular formula is C25H30BrF3N4OS. The highest BCUT2D eigenvalue weighted by atomic mass is 79.9. The zero-order valence-corrected chi connectivity index (χ0v) is 21.8. The molecule has 2 aliphatic heterocycles. The summed E-state index contributed by atoms with van der Waals surface area (Å²) in [6, 6.07) is 11.3. The Kier molecular flexibility index (Phi) is 8.91. The van der Waals surface area contributed by atoms with Gasteiger partial charge in [-0.3, -0.25) is 4.90 Å². The van der Waals surface area contributed by atoms with Gasteiger partial charge in [0, 0.05) is 38.4 Å². The maximum Gasteiger partial charge on any atom is 0.416 e. The number of benzene rings is 2. The third-order valence-corrected chi connectivity index (χ3v) is 7.30. The van der Waals surface area contributed by atoms with Crippen molar-refractivity contribution in [2.75, 3.05) is 44.6 Å². The molecule has 2 saturated heterocycles. The summed E-state index contributed by atoms with van der Waals surface area (Å²) in [4.78, 5) is 4.48. The Balaban J connectivity index is 1.27. The van der Waals surface area contributed by atoms with E-state index in [-0.39, 0.29) is 6.10 Å². The predicted octanol–water partition coefficient (Wildman–Crippen LogP) is 5.50. The summed E-state index contributed by atoms with van der Waals surface area (Å²) in [6.07, 6.45) is -1.09. The Morgan fingerprint density at radius 1 is 1.06 bits per heavy atom. The van der Waals surface area contributed by atoms with Gasteiger partial charge in [0.1, 0.15) is 11.9 Å². The summed E-state index contributed by atoms with van der Waals surface area (Å²) in [5, 5.41) is 6.97. The summed E-state index contributed by atoms with van der Waals surface area (Å²) >= 11 is 9.21. The number of piperidine rings is 1. The number of hydrogen-bond donors (Lipinski definition) is 2. The molecule has 2 N–H and O–H groups in total. The molecular weight excluding hydrogens is 541 g/mol. The van der Waals surface area contributed by atoms with Gasteiger partial charge in [-0.2, -0.15) is 13.2 Å². The summed E-state index contributed by atoms with van der Waals surface area (Å²) in [7, 11) is 0. The third-order valence-electron chi connectivity index (χ3n) is 6.32. The van der Waals surface area contributed by atoms with E-state index in [1.807, 2.05) is 0 Å². The SMILES string of the molecule is FC(F)(F)c1ccc(NC(=S)N2CCCN(Cc3ccc(OC4CCNCC4)c(Br)c3)CC2)cc1. The van der Waals surface area contributed by atoms with Gasteiger partial charge in [0.05, 0.1) is 10.0 Å². The van der Waals surface area contributed by atoms with Gasteiger partial charge in [-0.25, -0.2) is 0 Å². The summed E-state index contributed by atoms with van der Waals surface area (Å²) in [5.74, 6) is 0.891. The molecule has 2 aliphatic rings. The van der Waals surface area contributed by atoms with Gasteiger partial charge in [-0.15, -0.1) is 0 Å². The van der Waals surface area contributed by atoms with Gasteiger partial charge in [0.15, 0.2) is 5.11 Å². The molecule has 2 aromatic rings. The first kappa shape index (κ1) is 26.2. The normalized spacial score (nSPS) is 18.2. The van der Waals surface area contributed by atoms with Crippen LogP contribution in [-0.4, -0.2) is 60.3 Å². The van der Waals surface area contributed by atoms with Crippen LogP contribution >= 0.6 is 28.1 Å². The lowest BCUT2D eigenvalue weighted by molar-refractivity contribution is -0.137. The molecule has 0 spiro atoms. The van der Waals surface area contributed by atoms with Crippen LogP contribution in [0.5, 0.6) is 5.75 Å². The fourth-order valence-electron chi connectivity index (χ4n) is 4.37. The molecule has 0 radical (unpaired) electrons. The van der Waals surface area contributed by atoms with E-state index >= 15 is 0 Å². The predicted molar refractivity (Wildman–Crippen MR) is 140 cm³/mol. The van der Waals surface area contributed by atoms with Crippen LogP contribution in [-0.2, 0) is 12.7 Å². The lowest BCUT2D eigenvalue weighted by Crippen LogP contribution is -2.37. The van der Waals surface area contributed by atoms with Crippen molar-refractivity contribution in [2.24, 2.45) is 0 Å². The van der Waals surface area contributed by atoms with Crippen LogP contribution in [0.15, 0.2) is 46.9 Å². The molecule has 0 aliphatic carbocycles. The minimum absolute atomic E-state index is 0.259. The molecule has 0 unspecified atom stereocenters. The fourth-order valence-corrected chi connectivity index (χ4v) is 5.19. The van der Waals surface area contributed by atoms with E-state index in [1.54, 1.807) is 0 Å². The van der Waals surface area contributed by atoms with Crippen LogP contribution in [0.1, 0.15) is 30.4 Å². The Morgan fingerprint density at radius 3 is 2.49 bits per heavy atom. The van der Waals surface area contributed by atoms with Crippen LogP contribution in [0.4, 0.5) is 18.9 Å². The molecule has 5 nitrogen and oxygen atoms in total. The zero-order valence-electron chi connectivity index (χ0n) is 19.4. The lowest BCUT2D eigenvalue weighted by atomic mass is 10.1. The average Bonchev–Trinajstić information content (AvgIpc) is 3.07. The van der Waals surface area contributed by atoms with Crippen LogP contribution in [0, 0.1) is 0 Å². The molecule has 0 amide bonds. The van der Waals surface area contributed by atoms with Crippen LogP contribution in [0.3, 0.4) is 0 Å². The molecule has 190 valence electrons. The standard InChI is InChI=1S/C25H30BrF3N4OS/c26-22-16-18(2-7-23(22)34-21-8-10-30-11-9-21)17-32-12-1-13-33(15-14-32)24(35)31-20-5-3-19(4-6-20)25(27,28)29/h2-7,16,21,30H,1,8-15,17H2,(H,31,35). The number of halogens is 4. The van der Waals surface area contributed by atoms with Gasteiger partial charge in [-0.1, -0.05) is 6.07 Å². The fraction of sp³-hybridized carbons (Fsp3) is 0.480. The first-order valence-corrected chi connectivity index (χ1v) is 13.1. The highest BCUT2D eigenvalue weighted by Gasteiger charge is 2.30. The Hall–Kier alpha value is -1.88. The monoisotopic (exact) mass is 570 g/mol. The van der Waals surface area contributed by atoms with Crippen molar-refractivity contribution in [1.29, 1.82) is 0 Å². The number of nitrogens with zero attached hydrogens (tertiary/aromatic N) is 2. The van der Waals surface area contributed by atoms with E-state index < -0.39 is 11.7 Å². The number of rotatable bonds is 5. The molecule has 2 aromatic carbocycles. The second-order valence-corrected chi connectivity index (χ2v) is 10.2. The van der Waals surface area contributed by atoms with Gasteiger partial charge in [0.25, 0.3) is 0 Å². The van der Waals surface area contributed by atoms with Gasteiger partial charge in [0.2, 0.25) is 0 Å². The Labute approximate surface area is 218 Å². The number of anilines is 1. The largest absolute Gasteiger partial charge is 0.489 e. The van der Waals surface area contributed by atoms with Crippen LogP contribution in [0.25, 0.3) is 0 Å². The smallest absolute Gasteiger partial charge is 0.416 e. The van der Waals surface area contributed by atoms with E-state index in [9.17, 15) is 13.2 Å². The molecule has 0 aromatic heterocycles. The van der Waals surface area contributed by atoms with Crippen molar-refractivity contribution >= 4 is 38.9 Å². The Bertz CT molecular complexity index is 999. The maximum absolute atomic E-state index is 12.8. The quantitative estimate of drug-likeness (QED) is 0.462. The molecule has 10 heteroatoms. The second kappa shape index (κ2) is 11.9. The van der Waals surface area contributed by atoms with Crippen molar-refractivity contribution in [3.8, 4) is 5.75 Å². The van der Waals surface area contributed by atoms with Crippen molar-refractivity contribution in [2.45, 2.75) is 38.1 Å². The van der Waals surface area contributed by atoms with Gasteiger partial charge >= 0.3 is 6.18 Å². The molecule has 2 fully saturated rings. The molecule has 0 saturated carbocycles.